The number of anilines is 2. The van der Waals surface area contributed by atoms with Gasteiger partial charge in [0.15, 0.2) is 16.8 Å². The molecule has 0 radical (unpaired) electrons. The molecule has 0 spiro atoms. The van der Waals surface area contributed by atoms with Gasteiger partial charge in [-0.15, -0.1) is 10.2 Å². The van der Waals surface area contributed by atoms with Crippen LogP contribution in [0.25, 0.3) is 0 Å². The lowest BCUT2D eigenvalue weighted by molar-refractivity contribution is -0.137. The first-order valence-corrected chi connectivity index (χ1v) is 11.4. The molecule has 1 unspecified atom stereocenters. The van der Waals surface area contributed by atoms with Crippen molar-refractivity contribution in [2.75, 3.05) is 10.6 Å². The van der Waals surface area contributed by atoms with Crippen molar-refractivity contribution in [2.24, 2.45) is 0 Å². The largest absolute Gasteiger partial charge is 0.416 e. The number of rotatable bonds is 9. The van der Waals surface area contributed by atoms with Crippen LogP contribution < -0.4 is 10.6 Å². The van der Waals surface area contributed by atoms with Crippen molar-refractivity contribution in [2.45, 2.75) is 50.4 Å². The second kappa shape index (κ2) is 10.7. The van der Waals surface area contributed by atoms with Crippen LogP contribution in [0.4, 0.5) is 24.5 Å². The van der Waals surface area contributed by atoms with Gasteiger partial charge in [0.25, 0.3) is 0 Å². The molecule has 0 bridgehead atoms. The Kier molecular flexibility index (Phi) is 7.98. The van der Waals surface area contributed by atoms with Crippen molar-refractivity contribution >= 4 is 34.8 Å². The number of Topliss-reactive ketones (excluding diaryl/α,β-unsaturated/α-hetero) is 1. The summed E-state index contributed by atoms with van der Waals surface area (Å²) in [5, 5.41) is 14.1. The first-order valence-electron chi connectivity index (χ1n) is 10.5. The van der Waals surface area contributed by atoms with E-state index in [0.29, 0.717) is 34.5 Å². The number of nitrogens with one attached hydrogen (secondary N) is 2. The van der Waals surface area contributed by atoms with Crippen LogP contribution in [0.5, 0.6) is 0 Å². The average Bonchev–Trinajstić information content (AvgIpc) is 3.18. The number of carbonyl (C=O) groups excluding carboxylic acids is 2. The zero-order valence-corrected chi connectivity index (χ0v) is 19.6. The van der Waals surface area contributed by atoms with Crippen LogP contribution in [-0.2, 0) is 24.1 Å². The summed E-state index contributed by atoms with van der Waals surface area (Å²) in [5.41, 5.74) is 0.716. The van der Waals surface area contributed by atoms with Crippen LogP contribution in [0.15, 0.2) is 53.7 Å². The fraction of sp³-hybridized carbons (Fsp3) is 0.304. The summed E-state index contributed by atoms with van der Waals surface area (Å²) in [6.45, 7) is 5.79. The molecule has 2 aromatic carbocycles. The molecule has 11 heteroatoms. The molecule has 34 heavy (non-hydrogen) atoms. The highest BCUT2D eigenvalue weighted by atomic mass is 32.2. The number of hydrogen-bond acceptors (Lipinski definition) is 6. The third-order valence-electron chi connectivity index (χ3n) is 4.96. The number of hydrogen-bond donors (Lipinski definition) is 2. The highest BCUT2D eigenvalue weighted by molar-refractivity contribution is 8.00. The molecule has 0 saturated heterocycles. The van der Waals surface area contributed by atoms with Crippen LogP contribution >= 0.6 is 11.8 Å². The first-order chi connectivity index (χ1) is 16.1. The molecule has 180 valence electrons. The third-order valence-corrected chi connectivity index (χ3v) is 6.04. The Morgan fingerprint density at radius 3 is 2.41 bits per heavy atom. The molecular formula is C23H24F3N5O2S. The number of halogens is 3. The Bertz CT molecular complexity index is 1160. The summed E-state index contributed by atoms with van der Waals surface area (Å²) >= 11 is 1.23. The molecule has 0 aliphatic heterocycles. The van der Waals surface area contributed by atoms with E-state index in [1.807, 2.05) is 6.92 Å². The monoisotopic (exact) mass is 491 g/mol. The van der Waals surface area contributed by atoms with Crippen molar-refractivity contribution in [3.8, 4) is 0 Å². The van der Waals surface area contributed by atoms with E-state index in [-0.39, 0.29) is 18.2 Å². The van der Waals surface area contributed by atoms with Gasteiger partial charge in [-0.25, -0.2) is 0 Å². The molecule has 1 atom stereocenters. The SMILES string of the molecule is CCn1c(CNc2cccc(C(F)(F)F)c2)nnc1SC(C)C(=O)Nc1ccc(C(C)=O)cc1. The minimum atomic E-state index is -4.42. The fourth-order valence-electron chi connectivity index (χ4n) is 3.09. The van der Waals surface area contributed by atoms with Crippen molar-refractivity contribution in [3.63, 3.8) is 0 Å². The highest BCUT2D eigenvalue weighted by Gasteiger charge is 2.30. The smallest absolute Gasteiger partial charge is 0.378 e. The second-order valence-corrected chi connectivity index (χ2v) is 8.77. The molecule has 1 amide bonds. The molecular weight excluding hydrogens is 467 g/mol. The number of benzene rings is 2. The molecule has 1 heterocycles. The number of thioether (sulfide) groups is 1. The van der Waals surface area contributed by atoms with Crippen molar-refractivity contribution < 1.29 is 22.8 Å². The standard InChI is InChI=1S/C23H24F3N5O2S/c1-4-31-20(13-27-19-7-5-6-17(12-19)23(24,25)26)29-30-22(31)34-15(3)21(33)28-18-10-8-16(9-11-18)14(2)32/h5-12,15,27H,4,13H2,1-3H3,(H,28,33). The van der Waals surface area contributed by atoms with E-state index in [9.17, 15) is 22.8 Å². The van der Waals surface area contributed by atoms with E-state index in [0.717, 1.165) is 12.1 Å². The number of nitrogens with zero attached hydrogens (tertiary/aromatic N) is 3. The Morgan fingerprint density at radius 1 is 1.09 bits per heavy atom. The number of aromatic nitrogens is 3. The van der Waals surface area contributed by atoms with Crippen LogP contribution in [0.3, 0.4) is 0 Å². The van der Waals surface area contributed by atoms with E-state index in [4.69, 9.17) is 0 Å². The summed E-state index contributed by atoms with van der Waals surface area (Å²) < 4.78 is 40.6. The summed E-state index contributed by atoms with van der Waals surface area (Å²) in [4.78, 5) is 24.0. The average molecular weight is 492 g/mol. The lowest BCUT2D eigenvalue weighted by Gasteiger charge is -2.14. The van der Waals surface area contributed by atoms with Gasteiger partial charge < -0.3 is 15.2 Å². The molecule has 1 aromatic heterocycles. The van der Waals surface area contributed by atoms with Crippen molar-refractivity contribution in [1.82, 2.24) is 14.8 Å². The van der Waals surface area contributed by atoms with Crippen LogP contribution in [0.1, 0.15) is 42.5 Å². The van der Waals surface area contributed by atoms with Gasteiger partial charge in [0, 0.05) is 23.5 Å². The number of amides is 1. The maximum absolute atomic E-state index is 12.9. The Labute approximate surface area is 199 Å². The van der Waals surface area contributed by atoms with Gasteiger partial charge in [0.05, 0.1) is 17.4 Å². The van der Waals surface area contributed by atoms with Crippen LogP contribution in [0, 0.1) is 0 Å². The predicted octanol–water partition coefficient (Wildman–Crippen LogP) is 5.25. The molecule has 0 aliphatic carbocycles. The van der Waals surface area contributed by atoms with Crippen LogP contribution in [-0.4, -0.2) is 31.7 Å². The maximum Gasteiger partial charge on any atom is 0.416 e. The van der Waals surface area contributed by atoms with Gasteiger partial charge in [0.2, 0.25) is 5.91 Å². The second-order valence-electron chi connectivity index (χ2n) is 7.46. The molecule has 3 rings (SSSR count). The van der Waals surface area contributed by atoms with E-state index in [1.54, 1.807) is 41.8 Å². The summed E-state index contributed by atoms with van der Waals surface area (Å²) in [7, 11) is 0. The van der Waals surface area contributed by atoms with Gasteiger partial charge in [-0.1, -0.05) is 17.8 Å². The molecule has 0 aliphatic rings. The van der Waals surface area contributed by atoms with Gasteiger partial charge >= 0.3 is 6.18 Å². The fourth-order valence-corrected chi connectivity index (χ4v) is 4.02. The third kappa shape index (κ3) is 6.37. The lowest BCUT2D eigenvalue weighted by atomic mass is 10.1. The Balaban J connectivity index is 1.63. The van der Waals surface area contributed by atoms with Crippen LogP contribution in [0.2, 0.25) is 0 Å². The molecule has 7 nitrogen and oxygen atoms in total. The molecule has 3 aromatic rings. The quantitative estimate of drug-likeness (QED) is 0.314. The summed E-state index contributed by atoms with van der Waals surface area (Å²) in [6.07, 6.45) is -4.42. The lowest BCUT2D eigenvalue weighted by Crippen LogP contribution is -2.23. The zero-order chi connectivity index (χ0) is 24.9. The van der Waals surface area contributed by atoms with E-state index >= 15 is 0 Å². The van der Waals surface area contributed by atoms with Gasteiger partial charge in [-0.05, 0) is 63.2 Å². The number of alkyl halides is 3. The first kappa shape index (κ1) is 25.3. The Hall–Kier alpha value is -3.34. The van der Waals surface area contributed by atoms with E-state index in [2.05, 4.69) is 20.8 Å². The maximum atomic E-state index is 12.9. The zero-order valence-electron chi connectivity index (χ0n) is 18.8. The highest BCUT2D eigenvalue weighted by Crippen LogP contribution is 2.31. The summed E-state index contributed by atoms with van der Waals surface area (Å²) in [6, 6.07) is 11.6. The van der Waals surface area contributed by atoms with Crippen molar-refractivity contribution in [3.05, 3.63) is 65.5 Å². The topological polar surface area (TPSA) is 88.9 Å². The number of carbonyl (C=O) groups is 2. The van der Waals surface area contributed by atoms with Gasteiger partial charge in [-0.2, -0.15) is 13.2 Å². The molecule has 0 saturated carbocycles. The summed E-state index contributed by atoms with van der Waals surface area (Å²) in [5.74, 6) is 0.240. The molecule has 0 fully saturated rings. The van der Waals surface area contributed by atoms with E-state index < -0.39 is 17.0 Å². The minimum Gasteiger partial charge on any atom is -0.378 e. The van der Waals surface area contributed by atoms with Gasteiger partial charge in [-0.3, -0.25) is 9.59 Å². The predicted molar refractivity (Wildman–Crippen MR) is 125 cm³/mol. The normalized spacial score (nSPS) is 12.3. The molecule has 2 N–H and O–H groups in total. The number of ketones is 1. The Morgan fingerprint density at radius 2 is 1.79 bits per heavy atom. The van der Waals surface area contributed by atoms with E-state index in [1.165, 1.54) is 24.8 Å². The minimum absolute atomic E-state index is 0.0564. The van der Waals surface area contributed by atoms with Gasteiger partial charge in [0.1, 0.15) is 0 Å². The van der Waals surface area contributed by atoms with Crippen molar-refractivity contribution in [1.29, 1.82) is 0 Å².